The van der Waals surface area contributed by atoms with Crippen LogP contribution < -0.4 is 14.8 Å². The molecular formula is C13H15F2NO3. The Morgan fingerprint density at radius 3 is 2.53 bits per heavy atom. The lowest BCUT2D eigenvalue weighted by Gasteiger charge is -2.17. The lowest BCUT2D eigenvalue weighted by atomic mass is 9.92. The van der Waals surface area contributed by atoms with Gasteiger partial charge >= 0.3 is 6.29 Å². The van der Waals surface area contributed by atoms with Crippen LogP contribution in [0.5, 0.6) is 11.5 Å². The lowest BCUT2D eigenvalue weighted by molar-refractivity contribution is -0.286. The third kappa shape index (κ3) is 3.56. The van der Waals surface area contributed by atoms with Crippen molar-refractivity contribution < 1.29 is 23.0 Å². The van der Waals surface area contributed by atoms with E-state index in [-0.39, 0.29) is 22.8 Å². The van der Waals surface area contributed by atoms with Gasteiger partial charge in [0.1, 0.15) is 0 Å². The highest BCUT2D eigenvalue weighted by Gasteiger charge is 2.43. The third-order valence-electron chi connectivity index (χ3n) is 2.38. The van der Waals surface area contributed by atoms with Crippen LogP contribution >= 0.6 is 0 Å². The average Bonchev–Trinajstić information content (AvgIpc) is 2.47. The van der Waals surface area contributed by atoms with Crippen LogP contribution in [0.3, 0.4) is 0 Å². The fourth-order valence-corrected chi connectivity index (χ4v) is 1.71. The zero-order valence-corrected chi connectivity index (χ0v) is 10.9. The molecule has 1 aromatic carbocycles. The van der Waals surface area contributed by atoms with Gasteiger partial charge in [0, 0.05) is 18.2 Å². The van der Waals surface area contributed by atoms with E-state index in [1.807, 2.05) is 20.8 Å². The number of carbonyl (C=O) groups is 1. The molecule has 0 unspecified atom stereocenters. The van der Waals surface area contributed by atoms with Crippen LogP contribution in [0, 0.1) is 5.41 Å². The predicted molar refractivity (Wildman–Crippen MR) is 65.3 cm³/mol. The zero-order valence-electron chi connectivity index (χ0n) is 10.9. The molecule has 1 aliphatic rings. The van der Waals surface area contributed by atoms with Crippen molar-refractivity contribution in [2.24, 2.45) is 5.41 Å². The van der Waals surface area contributed by atoms with Crippen LogP contribution in [0.15, 0.2) is 18.2 Å². The fourth-order valence-electron chi connectivity index (χ4n) is 1.71. The van der Waals surface area contributed by atoms with Crippen molar-refractivity contribution in [3.05, 3.63) is 18.2 Å². The van der Waals surface area contributed by atoms with E-state index < -0.39 is 6.29 Å². The number of ether oxygens (including phenoxy) is 2. The van der Waals surface area contributed by atoms with E-state index >= 15 is 0 Å². The molecule has 1 heterocycles. The van der Waals surface area contributed by atoms with E-state index in [4.69, 9.17) is 0 Å². The maximum atomic E-state index is 12.8. The zero-order chi connectivity index (χ0) is 14.3. The first-order valence-electron chi connectivity index (χ1n) is 5.84. The summed E-state index contributed by atoms with van der Waals surface area (Å²) in [6, 6.07) is 4.14. The molecule has 0 spiro atoms. The van der Waals surface area contributed by atoms with Crippen molar-refractivity contribution in [1.29, 1.82) is 0 Å². The fraction of sp³-hybridized carbons (Fsp3) is 0.462. The molecule has 0 fully saturated rings. The smallest absolute Gasteiger partial charge is 0.395 e. The highest BCUT2D eigenvalue weighted by atomic mass is 19.3. The van der Waals surface area contributed by atoms with Gasteiger partial charge in [-0.2, -0.15) is 0 Å². The quantitative estimate of drug-likeness (QED) is 0.897. The van der Waals surface area contributed by atoms with Gasteiger partial charge < -0.3 is 14.8 Å². The van der Waals surface area contributed by atoms with Crippen LogP contribution in [-0.4, -0.2) is 12.2 Å². The Balaban J connectivity index is 2.07. The topological polar surface area (TPSA) is 47.6 Å². The highest BCUT2D eigenvalue weighted by molar-refractivity contribution is 5.91. The number of hydrogen-bond acceptors (Lipinski definition) is 3. The Bertz CT molecular complexity index is 509. The van der Waals surface area contributed by atoms with Crippen LogP contribution in [0.2, 0.25) is 0 Å². The number of nitrogens with one attached hydrogen (secondary N) is 1. The number of anilines is 1. The average molecular weight is 271 g/mol. The predicted octanol–water partition coefficient (Wildman–Crippen LogP) is 3.38. The van der Waals surface area contributed by atoms with Gasteiger partial charge in [-0.25, -0.2) is 0 Å². The summed E-state index contributed by atoms with van der Waals surface area (Å²) in [5.41, 5.74) is 0.252. The van der Waals surface area contributed by atoms with Gasteiger partial charge in [0.05, 0.1) is 0 Å². The normalized spacial score (nSPS) is 16.3. The second-order valence-corrected chi connectivity index (χ2v) is 5.61. The molecule has 2 rings (SSSR count). The number of amides is 1. The number of fused-ring (bicyclic) bond motifs is 1. The van der Waals surface area contributed by atoms with Crippen LogP contribution in [0.25, 0.3) is 0 Å². The van der Waals surface area contributed by atoms with Gasteiger partial charge in [0.25, 0.3) is 0 Å². The molecular weight excluding hydrogens is 256 g/mol. The molecule has 4 nitrogen and oxygen atoms in total. The first-order chi connectivity index (χ1) is 8.65. The summed E-state index contributed by atoms with van der Waals surface area (Å²) in [4.78, 5) is 11.7. The summed E-state index contributed by atoms with van der Waals surface area (Å²) < 4.78 is 34.2. The molecule has 1 amide bonds. The highest BCUT2D eigenvalue weighted by Crippen LogP contribution is 2.42. The first kappa shape index (κ1) is 13.6. The Morgan fingerprint density at radius 2 is 1.89 bits per heavy atom. The van der Waals surface area contributed by atoms with Gasteiger partial charge in [0.2, 0.25) is 5.91 Å². The van der Waals surface area contributed by atoms with E-state index in [0.29, 0.717) is 12.1 Å². The Kier molecular flexibility index (Phi) is 3.12. The minimum absolute atomic E-state index is 0.0428. The molecule has 0 bridgehead atoms. The van der Waals surface area contributed by atoms with Crippen molar-refractivity contribution in [3.8, 4) is 11.5 Å². The van der Waals surface area contributed by atoms with Crippen LogP contribution in [0.1, 0.15) is 27.2 Å². The summed E-state index contributed by atoms with van der Waals surface area (Å²) in [5, 5.41) is 2.64. The molecule has 0 saturated carbocycles. The molecule has 0 aromatic heterocycles. The van der Waals surface area contributed by atoms with Gasteiger partial charge in [-0.1, -0.05) is 20.8 Å². The van der Waals surface area contributed by atoms with Crippen molar-refractivity contribution in [3.63, 3.8) is 0 Å². The molecule has 104 valence electrons. The molecule has 0 aliphatic carbocycles. The molecule has 19 heavy (non-hydrogen) atoms. The largest absolute Gasteiger partial charge is 0.586 e. The number of alkyl halides is 2. The van der Waals surface area contributed by atoms with E-state index in [2.05, 4.69) is 14.8 Å². The number of benzene rings is 1. The maximum Gasteiger partial charge on any atom is 0.586 e. The van der Waals surface area contributed by atoms with Crippen LogP contribution in [-0.2, 0) is 4.79 Å². The molecule has 0 saturated heterocycles. The van der Waals surface area contributed by atoms with Crippen LogP contribution in [0.4, 0.5) is 14.5 Å². The maximum absolute atomic E-state index is 12.8. The van der Waals surface area contributed by atoms with E-state index in [1.165, 1.54) is 18.2 Å². The van der Waals surface area contributed by atoms with Crippen molar-refractivity contribution in [2.45, 2.75) is 33.5 Å². The minimum atomic E-state index is -3.64. The van der Waals surface area contributed by atoms with Crippen molar-refractivity contribution >= 4 is 11.6 Å². The Morgan fingerprint density at radius 1 is 1.26 bits per heavy atom. The van der Waals surface area contributed by atoms with E-state index in [0.717, 1.165) is 0 Å². The summed E-state index contributed by atoms with van der Waals surface area (Å²) in [6.07, 6.45) is -3.31. The van der Waals surface area contributed by atoms with Gasteiger partial charge in [-0.3, -0.25) is 4.79 Å². The third-order valence-corrected chi connectivity index (χ3v) is 2.38. The van der Waals surface area contributed by atoms with Gasteiger partial charge in [0.15, 0.2) is 11.5 Å². The monoisotopic (exact) mass is 271 g/mol. The van der Waals surface area contributed by atoms with E-state index in [1.54, 1.807) is 0 Å². The number of carbonyl (C=O) groups excluding carboxylic acids is 1. The molecule has 0 radical (unpaired) electrons. The number of rotatable bonds is 2. The SMILES string of the molecule is CC(C)(C)CC(=O)Nc1ccc2c(c1)OC(F)(F)O2. The van der Waals surface area contributed by atoms with Crippen molar-refractivity contribution in [1.82, 2.24) is 0 Å². The molecule has 0 atom stereocenters. The Hall–Kier alpha value is -1.85. The standard InChI is InChI=1S/C13H15F2NO3/c1-12(2,3)7-11(17)16-8-4-5-9-10(6-8)19-13(14,15)18-9/h4-6H,7H2,1-3H3,(H,16,17). The summed E-state index contributed by atoms with van der Waals surface area (Å²) in [6.45, 7) is 5.81. The Labute approximate surface area is 109 Å². The van der Waals surface area contributed by atoms with Crippen molar-refractivity contribution in [2.75, 3.05) is 5.32 Å². The summed E-state index contributed by atoms with van der Waals surface area (Å²) >= 11 is 0. The molecule has 1 aromatic rings. The molecule has 1 aliphatic heterocycles. The number of hydrogen-bond donors (Lipinski definition) is 1. The number of halogens is 2. The summed E-state index contributed by atoms with van der Waals surface area (Å²) in [7, 11) is 0. The summed E-state index contributed by atoms with van der Waals surface area (Å²) in [5.74, 6) is -0.310. The molecule has 6 heteroatoms. The second-order valence-electron chi connectivity index (χ2n) is 5.61. The first-order valence-corrected chi connectivity index (χ1v) is 5.84. The second kappa shape index (κ2) is 4.36. The minimum Gasteiger partial charge on any atom is -0.395 e. The molecule has 1 N–H and O–H groups in total. The lowest BCUT2D eigenvalue weighted by Crippen LogP contribution is -2.25. The van der Waals surface area contributed by atoms with Gasteiger partial charge in [-0.05, 0) is 17.5 Å². The van der Waals surface area contributed by atoms with Gasteiger partial charge in [-0.15, -0.1) is 8.78 Å². The van der Waals surface area contributed by atoms with E-state index in [9.17, 15) is 13.6 Å².